The number of aryl methyl sites for hydroxylation is 1. The van der Waals surface area contributed by atoms with Gasteiger partial charge in [-0.15, -0.1) is 0 Å². The fraction of sp³-hybridized carbons (Fsp3) is 0.727. The van der Waals surface area contributed by atoms with Crippen LogP contribution >= 0.6 is 0 Å². The van der Waals surface area contributed by atoms with E-state index in [4.69, 9.17) is 0 Å². The Morgan fingerprint density at radius 2 is 1.39 bits per heavy atom. The SMILES string of the molecule is Cn1cc(S(=O)(=O)N2CCC(C(=O)N3CCCCCC3)CC2)cc1C(=O)N1CCCC1. The second-order valence-electron chi connectivity index (χ2n) is 9.09. The summed E-state index contributed by atoms with van der Waals surface area (Å²) in [6.45, 7) is 3.80. The highest BCUT2D eigenvalue weighted by molar-refractivity contribution is 7.89. The molecule has 3 aliphatic heterocycles. The molecule has 0 spiro atoms. The van der Waals surface area contributed by atoms with Crippen molar-refractivity contribution in [3.8, 4) is 0 Å². The van der Waals surface area contributed by atoms with Crippen molar-refractivity contribution in [1.29, 1.82) is 0 Å². The van der Waals surface area contributed by atoms with E-state index in [1.165, 1.54) is 29.4 Å². The summed E-state index contributed by atoms with van der Waals surface area (Å²) < 4.78 is 29.5. The van der Waals surface area contributed by atoms with Crippen molar-refractivity contribution in [2.75, 3.05) is 39.3 Å². The second kappa shape index (κ2) is 9.32. The van der Waals surface area contributed by atoms with Crippen LogP contribution in [0.25, 0.3) is 0 Å². The van der Waals surface area contributed by atoms with Crippen molar-refractivity contribution in [2.45, 2.75) is 56.3 Å². The lowest BCUT2D eigenvalue weighted by Gasteiger charge is -2.33. The van der Waals surface area contributed by atoms with E-state index in [0.717, 1.165) is 51.9 Å². The number of amides is 2. The van der Waals surface area contributed by atoms with Crippen LogP contribution in [0, 0.1) is 5.92 Å². The topological polar surface area (TPSA) is 82.9 Å². The average Bonchev–Trinajstić information content (AvgIpc) is 3.36. The number of aromatic nitrogens is 1. The van der Waals surface area contributed by atoms with E-state index >= 15 is 0 Å². The first-order chi connectivity index (χ1) is 14.9. The summed E-state index contributed by atoms with van der Waals surface area (Å²) in [5.74, 6) is -0.00649. The van der Waals surface area contributed by atoms with E-state index in [0.29, 0.717) is 31.6 Å². The first-order valence-electron chi connectivity index (χ1n) is 11.6. The maximum absolute atomic E-state index is 13.2. The fourth-order valence-corrected chi connectivity index (χ4v) is 6.55. The maximum Gasteiger partial charge on any atom is 0.270 e. The molecule has 31 heavy (non-hydrogen) atoms. The number of hydrogen-bond donors (Lipinski definition) is 0. The summed E-state index contributed by atoms with van der Waals surface area (Å²) in [6, 6.07) is 1.50. The zero-order valence-electron chi connectivity index (χ0n) is 18.5. The molecule has 0 aliphatic carbocycles. The van der Waals surface area contributed by atoms with Gasteiger partial charge in [0.05, 0.1) is 0 Å². The first-order valence-corrected chi connectivity index (χ1v) is 13.1. The minimum Gasteiger partial charge on any atom is -0.345 e. The van der Waals surface area contributed by atoms with Gasteiger partial charge in [0.2, 0.25) is 15.9 Å². The Labute approximate surface area is 185 Å². The number of likely N-dealkylation sites (tertiary alicyclic amines) is 2. The Morgan fingerprint density at radius 3 is 2.00 bits per heavy atom. The molecule has 172 valence electrons. The summed E-state index contributed by atoms with van der Waals surface area (Å²) in [5, 5.41) is 0. The zero-order chi connectivity index (χ0) is 22.0. The van der Waals surface area contributed by atoms with Crippen LogP contribution < -0.4 is 0 Å². The number of rotatable bonds is 4. The van der Waals surface area contributed by atoms with E-state index in [-0.39, 0.29) is 22.6 Å². The molecule has 0 bridgehead atoms. The molecule has 0 unspecified atom stereocenters. The lowest BCUT2D eigenvalue weighted by atomic mass is 9.96. The molecule has 3 fully saturated rings. The predicted molar refractivity (Wildman–Crippen MR) is 117 cm³/mol. The van der Waals surface area contributed by atoms with Crippen LogP contribution in [0.5, 0.6) is 0 Å². The summed E-state index contributed by atoms with van der Waals surface area (Å²) >= 11 is 0. The third kappa shape index (κ3) is 4.67. The monoisotopic (exact) mass is 450 g/mol. The molecule has 0 N–H and O–H groups in total. The van der Waals surface area contributed by atoms with Crippen LogP contribution in [0.1, 0.15) is 61.9 Å². The fourth-order valence-electron chi connectivity index (χ4n) is 5.01. The summed E-state index contributed by atoms with van der Waals surface area (Å²) in [7, 11) is -1.97. The minimum atomic E-state index is -3.68. The highest BCUT2D eigenvalue weighted by Crippen LogP contribution is 2.27. The number of piperidine rings is 1. The standard InChI is InChI=1S/C22H34N4O4S/c1-23-17-19(16-20(23)22(28)25-12-6-7-13-25)31(29,30)26-14-8-18(9-15-26)21(27)24-10-4-2-3-5-11-24/h16-18H,2-15H2,1H3. The van der Waals surface area contributed by atoms with E-state index in [1.54, 1.807) is 16.5 Å². The van der Waals surface area contributed by atoms with Crippen LogP contribution in [-0.2, 0) is 21.9 Å². The molecule has 4 heterocycles. The Balaban J connectivity index is 1.40. The molecule has 2 amide bonds. The Morgan fingerprint density at radius 1 is 0.839 bits per heavy atom. The van der Waals surface area contributed by atoms with Gasteiger partial charge in [-0.1, -0.05) is 12.8 Å². The molecule has 0 atom stereocenters. The van der Waals surface area contributed by atoms with Crippen molar-refractivity contribution in [2.24, 2.45) is 13.0 Å². The Hall–Kier alpha value is -1.87. The maximum atomic E-state index is 13.2. The van der Waals surface area contributed by atoms with Crippen LogP contribution in [0.2, 0.25) is 0 Å². The highest BCUT2D eigenvalue weighted by atomic mass is 32.2. The van der Waals surface area contributed by atoms with Gasteiger partial charge in [-0.3, -0.25) is 9.59 Å². The van der Waals surface area contributed by atoms with Gasteiger partial charge in [-0.2, -0.15) is 4.31 Å². The number of carbonyl (C=O) groups excluding carboxylic acids is 2. The van der Waals surface area contributed by atoms with Gasteiger partial charge in [0.25, 0.3) is 5.91 Å². The van der Waals surface area contributed by atoms with E-state index in [2.05, 4.69) is 0 Å². The van der Waals surface area contributed by atoms with Crippen molar-refractivity contribution in [1.82, 2.24) is 18.7 Å². The summed E-state index contributed by atoms with van der Waals surface area (Å²) in [6.07, 6.45) is 9.12. The molecule has 8 nitrogen and oxygen atoms in total. The van der Waals surface area contributed by atoms with Gasteiger partial charge >= 0.3 is 0 Å². The van der Waals surface area contributed by atoms with E-state index in [1.807, 2.05) is 4.90 Å². The molecule has 3 saturated heterocycles. The van der Waals surface area contributed by atoms with Gasteiger partial charge in [-0.25, -0.2) is 8.42 Å². The first kappa shape index (κ1) is 22.3. The molecular weight excluding hydrogens is 416 g/mol. The number of hydrogen-bond acceptors (Lipinski definition) is 4. The summed E-state index contributed by atoms with van der Waals surface area (Å²) in [4.78, 5) is 29.6. The lowest BCUT2D eigenvalue weighted by Crippen LogP contribution is -2.44. The average molecular weight is 451 g/mol. The molecule has 0 saturated carbocycles. The number of carbonyl (C=O) groups is 2. The van der Waals surface area contributed by atoms with Crippen molar-refractivity contribution in [3.63, 3.8) is 0 Å². The molecule has 1 aromatic rings. The Bertz CT molecular complexity index is 904. The van der Waals surface area contributed by atoms with Gasteiger partial charge in [0.15, 0.2) is 0 Å². The van der Waals surface area contributed by atoms with Crippen molar-refractivity contribution in [3.05, 3.63) is 18.0 Å². The number of sulfonamides is 1. The molecule has 9 heteroatoms. The molecule has 4 rings (SSSR count). The second-order valence-corrected chi connectivity index (χ2v) is 11.0. The van der Waals surface area contributed by atoms with Crippen LogP contribution in [0.3, 0.4) is 0 Å². The minimum absolute atomic E-state index is 0.0902. The lowest BCUT2D eigenvalue weighted by molar-refractivity contribution is -0.136. The molecule has 3 aliphatic rings. The molecule has 0 aromatic carbocycles. The highest BCUT2D eigenvalue weighted by Gasteiger charge is 2.35. The third-order valence-corrected chi connectivity index (χ3v) is 8.81. The van der Waals surface area contributed by atoms with Crippen LogP contribution in [0.4, 0.5) is 0 Å². The molecule has 0 radical (unpaired) electrons. The van der Waals surface area contributed by atoms with E-state index in [9.17, 15) is 18.0 Å². The smallest absolute Gasteiger partial charge is 0.270 e. The normalized spacial score (nSPS) is 22.0. The van der Waals surface area contributed by atoms with Gasteiger partial charge in [0, 0.05) is 58.4 Å². The van der Waals surface area contributed by atoms with Crippen LogP contribution in [-0.4, -0.2) is 78.2 Å². The van der Waals surface area contributed by atoms with E-state index < -0.39 is 10.0 Å². The quantitative estimate of drug-likeness (QED) is 0.703. The predicted octanol–water partition coefficient (Wildman–Crippen LogP) is 2.06. The summed E-state index contributed by atoms with van der Waals surface area (Å²) in [5.41, 5.74) is 0.409. The third-order valence-electron chi connectivity index (χ3n) is 6.95. The van der Waals surface area contributed by atoms with Gasteiger partial charge in [-0.05, 0) is 44.6 Å². The largest absolute Gasteiger partial charge is 0.345 e. The molecule has 1 aromatic heterocycles. The van der Waals surface area contributed by atoms with Gasteiger partial charge in [0.1, 0.15) is 10.6 Å². The van der Waals surface area contributed by atoms with Crippen molar-refractivity contribution >= 4 is 21.8 Å². The Kier molecular flexibility index (Phi) is 6.71. The van der Waals surface area contributed by atoms with Crippen molar-refractivity contribution < 1.29 is 18.0 Å². The molecular formula is C22H34N4O4S. The van der Waals surface area contributed by atoms with Gasteiger partial charge < -0.3 is 14.4 Å². The van der Waals surface area contributed by atoms with Crippen LogP contribution in [0.15, 0.2) is 17.2 Å². The zero-order valence-corrected chi connectivity index (χ0v) is 19.3. The number of nitrogens with zero attached hydrogens (tertiary/aromatic N) is 4.